The Morgan fingerprint density at radius 2 is 2.00 bits per heavy atom. The molecule has 0 bridgehead atoms. The Labute approximate surface area is 126 Å². The molecule has 0 spiro atoms. The summed E-state index contributed by atoms with van der Waals surface area (Å²) in [6.45, 7) is 4.17. The number of hydrogen-bond donors (Lipinski definition) is 0. The Morgan fingerprint density at radius 3 is 2.52 bits per heavy atom. The Morgan fingerprint density at radius 1 is 1.38 bits per heavy atom. The maximum atomic E-state index is 12.9. The van der Waals surface area contributed by atoms with Crippen LogP contribution in [0.1, 0.15) is 25.1 Å². The quantitative estimate of drug-likeness (QED) is 0.622. The first-order valence-corrected chi connectivity index (χ1v) is 6.90. The van der Waals surface area contributed by atoms with E-state index in [-0.39, 0.29) is 29.1 Å². The van der Waals surface area contributed by atoms with Gasteiger partial charge in [0.05, 0.1) is 11.5 Å². The number of nitro groups is 1. The second-order valence-electron chi connectivity index (χ2n) is 5.23. The second kappa shape index (κ2) is 6.22. The summed E-state index contributed by atoms with van der Waals surface area (Å²) in [5, 5.41) is 15.4. The van der Waals surface area contributed by atoms with Gasteiger partial charge in [0.1, 0.15) is 11.5 Å². The maximum Gasteiger partial charge on any atom is 0.329 e. The van der Waals surface area contributed by atoms with Crippen molar-refractivity contribution in [1.29, 1.82) is 0 Å². The van der Waals surface area contributed by atoms with Gasteiger partial charge in [-0.25, -0.2) is 9.07 Å². The van der Waals surface area contributed by atoms with Crippen LogP contribution in [-0.2, 0) is 13.0 Å². The Kier molecular flexibility index (Phi) is 4.57. The number of rotatable bonds is 5. The monoisotopic (exact) mass is 311 g/mol. The molecule has 2 rings (SSSR count). The van der Waals surface area contributed by atoms with E-state index in [1.54, 1.807) is 12.1 Å². The van der Waals surface area contributed by atoms with Gasteiger partial charge >= 0.3 is 5.69 Å². The SMILES string of the molecule is CC(C)Cc1nn(Cc2ccc(F)cc2)c(Cl)c1[N+](=O)[O-]. The molecule has 0 aliphatic heterocycles. The van der Waals surface area contributed by atoms with Crippen molar-refractivity contribution in [3.63, 3.8) is 0 Å². The molecule has 0 N–H and O–H groups in total. The number of hydrogen-bond acceptors (Lipinski definition) is 3. The lowest BCUT2D eigenvalue weighted by Gasteiger charge is -2.03. The molecule has 0 unspecified atom stereocenters. The summed E-state index contributed by atoms with van der Waals surface area (Å²) in [5.41, 5.74) is 1.00. The number of nitrogens with zero attached hydrogens (tertiary/aromatic N) is 3. The predicted octanol–water partition coefficient (Wildman–Crippen LogP) is 3.83. The number of aromatic nitrogens is 2. The third kappa shape index (κ3) is 3.58. The predicted molar refractivity (Wildman–Crippen MR) is 77.9 cm³/mol. The minimum Gasteiger partial charge on any atom is -0.258 e. The van der Waals surface area contributed by atoms with Gasteiger partial charge in [0, 0.05) is 6.42 Å². The second-order valence-corrected chi connectivity index (χ2v) is 5.58. The Bertz CT molecular complexity index is 653. The highest BCUT2D eigenvalue weighted by molar-refractivity contribution is 6.31. The molecule has 0 fully saturated rings. The highest BCUT2D eigenvalue weighted by atomic mass is 35.5. The van der Waals surface area contributed by atoms with Crippen LogP contribution in [0.15, 0.2) is 24.3 Å². The van der Waals surface area contributed by atoms with Crippen molar-refractivity contribution in [3.8, 4) is 0 Å². The van der Waals surface area contributed by atoms with Crippen LogP contribution >= 0.6 is 11.6 Å². The van der Waals surface area contributed by atoms with Gasteiger partial charge in [0.2, 0.25) is 5.15 Å². The zero-order valence-corrected chi connectivity index (χ0v) is 12.5. The van der Waals surface area contributed by atoms with Crippen molar-refractivity contribution in [3.05, 3.63) is 56.6 Å². The molecule has 1 aromatic carbocycles. The molecule has 1 aromatic heterocycles. The molecule has 7 heteroatoms. The van der Waals surface area contributed by atoms with Crippen LogP contribution in [0.3, 0.4) is 0 Å². The molecule has 112 valence electrons. The molecule has 0 atom stereocenters. The highest BCUT2D eigenvalue weighted by Crippen LogP contribution is 2.30. The lowest BCUT2D eigenvalue weighted by Crippen LogP contribution is -2.03. The molecule has 0 saturated heterocycles. The molecule has 0 saturated carbocycles. The van der Waals surface area contributed by atoms with Crippen LogP contribution in [0.5, 0.6) is 0 Å². The molecule has 1 heterocycles. The normalized spacial score (nSPS) is 11.1. The van der Waals surface area contributed by atoms with Crippen LogP contribution in [0.2, 0.25) is 5.15 Å². The van der Waals surface area contributed by atoms with Crippen molar-refractivity contribution in [2.24, 2.45) is 5.92 Å². The maximum absolute atomic E-state index is 12.9. The van der Waals surface area contributed by atoms with Crippen LogP contribution < -0.4 is 0 Å². The van der Waals surface area contributed by atoms with Gasteiger partial charge in [-0.05, 0) is 23.6 Å². The first kappa shape index (κ1) is 15.4. The van der Waals surface area contributed by atoms with E-state index in [9.17, 15) is 14.5 Å². The summed E-state index contributed by atoms with van der Waals surface area (Å²) < 4.78 is 14.3. The van der Waals surface area contributed by atoms with Gasteiger partial charge in [-0.2, -0.15) is 5.10 Å². The average molecular weight is 312 g/mol. The van der Waals surface area contributed by atoms with Crippen molar-refractivity contribution >= 4 is 17.3 Å². The zero-order valence-electron chi connectivity index (χ0n) is 11.7. The smallest absolute Gasteiger partial charge is 0.258 e. The minimum atomic E-state index is -0.506. The molecule has 0 radical (unpaired) electrons. The summed E-state index contributed by atoms with van der Waals surface area (Å²) in [4.78, 5) is 10.6. The summed E-state index contributed by atoms with van der Waals surface area (Å²) in [6.07, 6.45) is 0.479. The largest absolute Gasteiger partial charge is 0.329 e. The third-order valence-electron chi connectivity index (χ3n) is 2.97. The fourth-order valence-electron chi connectivity index (χ4n) is 2.05. The molecule has 0 aliphatic carbocycles. The van der Waals surface area contributed by atoms with E-state index in [0.717, 1.165) is 5.56 Å². The van der Waals surface area contributed by atoms with E-state index in [0.29, 0.717) is 12.1 Å². The van der Waals surface area contributed by atoms with Crippen LogP contribution in [0.4, 0.5) is 10.1 Å². The van der Waals surface area contributed by atoms with E-state index in [1.165, 1.54) is 16.8 Å². The standard InChI is InChI=1S/C14H15ClFN3O2/c1-9(2)7-12-13(19(20)21)14(15)18(17-12)8-10-3-5-11(16)6-4-10/h3-6,9H,7-8H2,1-2H3. The van der Waals surface area contributed by atoms with Crippen molar-refractivity contribution in [2.45, 2.75) is 26.8 Å². The highest BCUT2D eigenvalue weighted by Gasteiger charge is 2.26. The van der Waals surface area contributed by atoms with Gasteiger partial charge in [-0.3, -0.25) is 10.1 Å². The zero-order chi connectivity index (χ0) is 15.6. The van der Waals surface area contributed by atoms with Gasteiger partial charge < -0.3 is 0 Å². The minimum absolute atomic E-state index is 0.0000231. The first-order valence-electron chi connectivity index (χ1n) is 6.52. The topological polar surface area (TPSA) is 61.0 Å². The van der Waals surface area contributed by atoms with E-state index >= 15 is 0 Å². The summed E-state index contributed by atoms with van der Waals surface area (Å²) in [6, 6.07) is 5.86. The molecule has 2 aromatic rings. The van der Waals surface area contributed by atoms with Crippen molar-refractivity contribution in [2.75, 3.05) is 0 Å². The van der Waals surface area contributed by atoms with E-state index < -0.39 is 4.92 Å². The fraction of sp³-hybridized carbons (Fsp3) is 0.357. The Hall–Kier alpha value is -1.95. The molecule has 0 aliphatic rings. The van der Waals surface area contributed by atoms with Gasteiger partial charge in [-0.15, -0.1) is 0 Å². The Balaban J connectivity index is 2.35. The van der Waals surface area contributed by atoms with E-state index in [2.05, 4.69) is 5.10 Å². The molecule has 5 nitrogen and oxygen atoms in total. The van der Waals surface area contributed by atoms with E-state index in [1.807, 2.05) is 13.8 Å². The van der Waals surface area contributed by atoms with Crippen molar-refractivity contribution in [1.82, 2.24) is 9.78 Å². The van der Waals surface area contributed by atoms with Crippen LogP contribution in [0.25, 0.3) is 0 Å². The molecule has 0 amide bonds. The molecular weight excluding hydrogens is 297 g/mol. The third-order valence-corrected chi connectivity index (χ3v) is 3.34. The molecular formula is C14H15ClFN3O2. The summed E-state index contributed by atoms with van der Waals surface area (Å²) in [5.74, 6) is -0.106. The van der Waals surface area contributed by atoms with E-state index in [4.69, 9.17) is 11.6 Å². The van der Waals surface area contributed by atoms with Crippen LogP contribution in [0, 0.1) is 21.8 Å². The number of benzene rings is 1. The lowest BCUT2D eigenvalue weighted by atomic mass is 10.1. The summed E-state index contributed by atoms with van der Waals surface area (Å²) in [7, 11) is 0. The fourth-order valence-corrected chi connectivity index (χ4v) is 2.33. The first-order chi connectivity index (χ1) is 9.88. The molecule has 21 heavy (non-hydrogen) atoms. The van der Waals surface area contributed by atoms with Gasteiger partial charge in [-0.1, -0.05) is 37.6 Å². The van der Waals surface area contributed by atoms with Crippen LogP contribution in [-0.4, -0.2) is 14.7 Å². The van der Waals surface area contributed by atoms with Crippen molar-refractivity contribution < 1.29 is 9.31 Å². The van der Waals surface area contributed by atoms with Gasteiger partial charge in [0.25, 0.3) is 0 Å². The van der Waals surface area contributed by atoms with Gasteiger partial charge in [0.15, 0.2) is 0 Å². The number of halogens is 2. The average Bonchev–Trinajstić information content (AvgIpc) is 2.68. The summed E-state index contributed by atoms with van der Waals surface area (Å²) >= 11 is 6.07. The lowest BCUT2D eigenvalue weighted by molar-refractivity contribution is -0.385.